The molecule has 1 aromatic heterocycles. The van der Waals surface area contributed by atoms with Crippen LogP contribution in [0.2, 0.25) is 0 Å². The van der Waals surface area contributed by atoms with Crippen molar-refractivity contribution in [2.75, 3.05) is 24.5 Å². The van der Waals surface area contributed by atoms with Gasteiger partial charge in [-0.3, -0.25) is 4.79 Å². The number of hydrogen-bond donors (Lipinski definition) is 1. The van der Waals surface area contributed by atoms with Crippen molar-refractivity contribution in [3.63, 3.8) is 0 Å². The maximum absolute atomic E-state index is 11.5. The summed E-state index contributed by atoms with van der Waals surface area (Å²) in [6.45, 7) is 1.99. The number of piperazine rings is 1. The number of aromatic nitrogens is 1. The molecule has 0 radical (unpaired) electrons. The maximum atomic E-state index is 11.5. The zero-order chi connectivity index (χ0) is 9.97. The Morgan fingerprint density at radius 1 is 1.50 bits per heavy atom. The van der Waals surface area contributed by atoms with E-state index in [9.17, 15) is 4.79 Å². The number of nitrogens with one attached hydrogen (secondary N) is 1. The Kier molecular flexibility index (Phi) is 2.97. The third-order valence-corrected chi connectivity index (χ3v) is 2.75. The molecule has 1 N–H and O–H groups in total. The van der Waals surface area contributed by atoms with E-state index in [1.54, 1.807) is 11.1 Å². The molecule has 0 aromatic carbocycles. The number of amides is 1. The van der Waals surface area contributed by atoms with Crippen LogP contribution in [0.15, 0.2) is 18.3 Å². The largest absolute Gasteiger partial charge is 0.309 e. The minimum atomic E-state index is 0.110. The lowest BCUT2D eigenvalue weighted by molar-refractivity contribution is -0.118. The Hall–Kier alpha value is -0.690. The van der Waals surface area contributed by atoms with Crippen LogP contribution in [0.5, 0.6) is 0 Å². The number of anilines is 1. The van der Waals surface area contributed by atoms with Crippen molar-refractivity contribution in [3.05, 3.63) is 22.0 Å². The Morgan fingerprint density at radius 2 is 2.36 bits per heavy atom. The average Bonchev–Trinajstić information content (AvgIpc) is 2.20. The minimum absolute atomic E-state index is 0.110. The van der Waals surface area contributed by atoms with Crippen LogP contribution in [-0.4, -0.2) is 30.5 Å². The van der Waals surface area contributed by atoms with Gasteiger partial charge in [0.15, 0.2) is 0 Å². The Labute approximate surface area is 95.8 Å². The van der Waals surface area contributed by atoms with Gasteiger partial charge in [-0.1, -0.05) is 0 Å². The Morgan fingerprint density at radius 3 is 3.00 bits per heavy atom. The topological polar surface area (TPSA) is 45.2 Å². The van der Waals surface area contributed by atoms with Crippen LogP contribution in [0.4, 0.5) is 5.69 Å². The van der Waals surface area contributed by atoms with Gasteiger partial charge in [-0.15, -0.1) is 0 Å². The molecule has 0 spiro atoms. The molecule has 14 heavy (non-hydrogen) atoms. The lowest BCUT2D eigenvalue weighted by Crippen LogP contribution is -2.48. The quantitative estimate of drug-likeness (QED) is 0.611. The first-order valence-corrected chi connectivity index (χ1v) is 5.48. The third-order valence-electron chi connectivity index (χ3n) is 2.11. The first-order valence-electron chi connectivity index (χ1n) is 4.40. The summed E-state index contributed by atoms with van der Waals surface area (Å²) in [4.78, 5) is 17.4. The van der Waals surface area contributed by atoms with Crippen LogP contribution in [0.1, 0.15) is 0 Å². The van der Waals surface area contributed by atoms with Gasteiger partial charge < -0.3 is 10.2 Å². The van der Waals surface area contributed by atoms with E-state index in [4.69, 9.17) is 0 Å². The molecule has 2 rings (SSSR count). The van der Waals surface area contributed by atoms with Crippen molar-refractivity contribution in [1.82, 2.24) is 10.3 Å². The lowest BCUT2D eigenvalue weighted by Gasteiger charge is -2.26. The first-order chi connectivity index (χ1) is 6.77. The summed E-state index contributed by atoms with van der Waals surface area (Å²) in [6.07, 6.45) is 1.74. The highest BCUT2D eigenvalue weighted by Crippen LogP contribution is 2.14. The van der Waals surface area contributed by atoms with Crippen LogP contribution >= 0.6 is 22.6 Å². The van der Waals surface area contributed by atoms with E-state index in [-0.39, 0.29) is 5.91 Å². The average molecular weight is 303 g/mol. The van der Waals surface area contributed by atoms with Crippen molar-refractivity contribution in [2.24, 2.45) is 0 Å². The van der Waals surface area contributed by atoms with E-state index in [2.05, 4.69) is 32.9 Å². The molecule has 2 heterocycles. The van der Waals surface area contributed by atoms with Gasteiger partial charge in [0.1, 0.15) is 3.70 Å². The summed E-state index contributed by atoms with van der Waals surface area (Å²) in [5.74, 6) is 0.110. The van der Waals surface area contributed by atoms with E-state index in [1.165, 1.54) is 0 Å². The highest BCUT2D eigenvalue weighted by atomic mass is 127. The van der Waals surface area contributed by atoms with Gasteiger partial charge in [0, 0.05) is 13.1 Å². The van der Waals surface area contributed by atoms with Crippen molar-refractivity contribution >= 4 is 34.2 Å². The minimum Gasteiger partial charge on any atom is -0.309 e. The van der Waals surface area contributed by atoms with Crippen molar-refractivity contribution in [2.45, 2.75) is 0 Å². The fourth-order valence-corrected chi connectivity index (χ4v) is 1.73. The van der Waals surface area contributed by atoms with Gasteiger partial charge in [0.25, 0.3) is 0 Å². The molecule has 4 nitrogen and oxygen atoms in total. The fraction of sp³-hybridized carbons (Fsp3) is 0.333. The Balaban J connectivity index is 2.20. The predicted molar refractivity (Wildman–Crippen MR) is 62.2 cm³/mol. The molecule has 0 aliphatic carbocycles. The summed E-state index contributed by atoms with van der Waals surface area (Å²) in [7, 11) is 0. The molecule has 1 aliphatic heterocycles. The summed E-state index contributed by atoms with van der Waals surface area (Å²) in [5.41, 5.74) is 0.886. The van der Waals surface area contributed by atoms with E-state index in [0.29, 0.717) is 6.54 Å². The SMILES string of the molecule is O=C1CNCCN1c1ccc(I)nc1. The fourth-order valence-electron chi connectivity index (χ4n) is 1.41. The van der Waals surface area contributed by atoms with Gasteiger partial charge in [-0.05, 0) is 34.7 Å². The van der Waals surface area contributed by atoms with Crippen LogP contribution < -0.4 is 10.2 Å². The van der Waals surface area contributed by atoms with Crippen LogP contribution in [0, 0.1) is 3.70 Å². The number of carbonyl (C=O) groups is 1. The summed E-state index contributed by atoms with van der Waals surface area (Å²) >= 11 is 2.15. The van der Waals surface area contributed by atoms with Crippen LogP contribution in [-0.2, 0) is 4.79 Å². The molecule has 1 fully saturated rings. The molecule has 1 saturated heterocycles. The monoisotopic (exact) mass is 303 g/mol. The number of nitrogens with zero attached hydrogens (tertiary/aromatic N) is 2. The molecule has 74 valence electrons. The Bertz CT molecular complexity index is 338. The van der Waals surface area contributed by atoms with E-state index >= 15 is 0 Å². The van der Waals surface area contributed by atoms with Gasteiger partial charge >= 0.3 is 0 Å². The number of rotatable bonds is 1. The van der Waals surface area contributed by atoms with Crippen molar-refractivity contribution in [3.8, 4) is 0 Å². The van der Waals surface area contributed by atoms with Crippen LogP contribution in [0.25, 0.3) is 0 Å². The lowest BCUT2D eigenvalue weighted by atomic mass is 10.3. The molecule has 0 saturated carbocycles. The highest BCUT2D eigenvalue weighted by molar-refractivity contribution is 14.1. The highest BCUT2D eigenvalue weighted by Gasteiger charge is 2.18. The zero-order valence-corrected chi connectivity index (χ0v) is 9.69. The van der Waals surface area contributed by atoms with Crippen molar-refractivity contribution < 1.29 is 4.79 Å². The van der Waals surface area contributed by atoms with Gasteiger partial charge in [0.05, 0.1) is 18.4 Å². The first kappa shape index (κ1) is 9.85. The number of halogens is 1. The zero-order valence-electron chi connectivity index (χ0n) is 7.53. The second kappa shape index (κ2) is 4.22. The number of pyridine rings is 1. The van der Waals surface area contributed by atoms with Gasteiger partial charge in [0.2, 0.25) is 5.91 Å². The second-order valence-corrected chi connectivity index (χ2v) is 4.17. The molecular weight excluding hydrogens is 293 g/mol. The summed E-state index contributed by atoms with van der Waals surface area (Å²) in [5, 5.41) is 3.03. The predicted octanol–water partition coefficient (Wildman–Crippen LogP) is 0.622. The summed E-state index contributed by atoms with van der Waals surface area (Å²) < 4.78 is 0.939. The maximum Gasteiger partial charge on any atom is 0.241 e. The van der Waals surface area contributed by atoms with Gasteiger partial charge in [-0.25, -0.2) is 4.98 Å². The smallest absolute Gasteiger partial charge is 0.241 e. The molecule has 5 heteroatoms. The number of hydrogen-bond acceptors (Lipinski definition) is 3. The van der Waals surface area contributed by atoms with Crippen molar-refractivity contribution in [1.29, 1.82) is 0 Å². The molecule has 1 aromatic rings. The third kappa shape index (κ3) is 2.03. The molecule has 0 unspecified atom stereocenters. The molecule has 0 bridgehead atoms. The van der Waals surface area contributed by atoms with Crippen LogP contribution in [0.3, 0.4) is 0 Å². The normalized spacial score (nSPS) is 17.2. The second-order valence-electron chi connectivity index (χ2n) is 3.06. The summed E-state index contributed by atoms with van der Waals surface area (Å²) in [6, 6.07) is 3.84. The standard InChI is InChI=1S/C9H10IN3O/c10-8-2-1-7(5-12-8)13-4-3-11-6-9(13)14/h1-2,5,11H,3-4,6H2. The van der Waals surface area contributed by atoms with E-state index in [1.807, 2.05) is 12.1 Å². The molecule has 1 amide bonds. The van der Waals surface area contributed by atoms with E-state index in [0.717, 1.165) is 22.5 Å². The molecule has 1 aliphatic rings. The van der Waals surface area contributed by atoms with Gasteiger partial charge in [-0.2, -0.15) is 0 Å². The van der Waals surface area contributed by atoms with E-state index < -0.39 is 0 Å². The number of carbonyl (C=O) groups excluding carboxylic acids is 1. The molecule has 0 atom stereocenters. The molecular formula is C9H10IN3O.